The average Bonchev–Trinajstić information content (AvgIpc) is 2.55. The minimum Gasteiger partial charge on any atom is -0.339 e. The molecule has 2 N–H and O–H groups in total. The highest BCUT2D eigenvalue weighted by Crippen LogP contribution is 2.08. The van der Waals surface area contributed by atoms with Gasteiger partial charge in [-0.2, -0.15) is 0 Å². The van der Waals surface area contributed by atoms with Crippen molar-refractivity contribution in [1.82, 2.24) is 4.68 Å². The third kappa shape index (κ3) is 0.987. The van der Waals surface area contributed by atoms with Crippen LogP contribution in [0.4, 0.5) is 0 Å². The zero-order chi connectivity index (χ0) is 9.54. The SMILES string of the molecule is Nn1c2c(c3ccccc31)=CI=CC=2. The summed E-state index contributed by atoms with van der Waals surface area (Å²) >= 11 is 0.0898. The first kappa shape index (κ1) is 8.23. The Bertz CT molecular complexity index is 650. The third-order valence-corrected chi connectivity index (χ3v) is 4.21. The van der Waals surface area contributed by atoms with Crippen LogP contribution in [0.3, 0.4) is 0 Å². The van der Waals surface area contributed by atoms with Crippen molar-refractivity contribution in [1.29, 1.82) is 0 Å². The van der Waals surface area contributed by atoms with Gasteiger partial charge in [-0.15, -0.1) is 0 Å². The van der Waals surface area contributed by atoms with E-state index in [1.54, 1.807) is 4.68 Å². The molecule has 0 saturated carbocycles. The molecule has 0 aliphatic carbocycles. The number of aromatic nitrogens is 1. The molecule has 0 amide bonds. The van der Waals surface area contributed by atoms with Gasteiger partial charge < -0.3 is 5.84 Å². The van der Waals surface area contributed by atoms with E-state index in [0.29, 0.717) is 0 Å². The number of hydrogen-bond donors (Lipinski definition) is 1. The summed E-state index contributed by atoms with van der Waals surface area (Å²) in [5, 5.41) is 3.73. The van der Waals surface area contributed by atoms with Gasteiger partial charge in [0.15, 0.2) is 0 Å². The topological polar surface area (TPSA) is 30.9 Å². The van der Waals surface area contributed by atoms with Gasteiger partial charge in [0, 0.05) is 10.6 Å². The highest BCUT2D eigenvalue weighted by Gasteiger charge is 2.04. The lowest BCUT2D eigenvalue weighted by Gasteiger charge is -1.94. The van der Waals surface area contributed by atoms with E-state index >= 15 is 0 Å². The van der Waals surface area contributed by atoms with Crippen LogP contribution in [0.5, 0.6) is 0 Å². The molecule has 2 heterocycles. The molecule has 0 unspecified atom stereocenters. The lowest BCUT2D eigenvalue weighted by Crippen LogP contribution is -2.34. The van der Waals surface area contributed by atoms with Crippen LogP contribution in [0.25, 0.3) is 21.1 Å². The standard InChI is InChI=1S/C11H9IN2/c13-14-10-4-2-1-3-8(10)9-7-12-6-5-11(9)14/h1-7H,13H2. The molecule has 1 aliphatic heterocycles. The maximum absolute atomic E-state index is 6.02. The molecule has 2 aromatic rings. The van der Waals surface area contributed by atoms with Crippen molar-refractivity contribution >= 4 is 45.8 Å². The highest BCUT2D eigenvalue weighted by atomic mass is 127. The minimum absolute atomic E-state index is 0.0898. The van der Waals surface area contributed by atoms with Gasteiger partial charge in [-0.3, -0.25) is 4.68 Å². The molecule has 0 spiro atoms. The van der Waals surface area contributed by atoms with Crippen molar-refractivity contribution in [2.45, 2.75) is 0 Å². The second-order valence-electron chi connectivity index (χ2n) is 3.21. The van der Waals surface area contributed by atoms with Crippen LogP contribution in [0, 0.1) is 0 Å². The predicted molar refractivity (Wildman–Crippen MR) is 70.4 cm³/mol. The van der Waals surface area contributed by atoms with Crippen LogP contribution in [0.15, 0.2) is 24.3 Å². The van der Waals surface area contributed by atoms with Gasteiger partial charge in [-0.1, -0.05) is 38.9 Å². The zero-order valence-electron chi connectivity index (χ0n) is 7.44. The third-order valence-electron chi connectivity index (χ3n) is 2.45. The molecule has 0 bridgehead atoms. The van der Waals surface area contributed by atoms with Crippen molar-refractivity contribution in [3.63, 3.8) is 0 Å². The molecule has 14 heavy (non-hydrogen) atoms. The average molecular weight is 296 g/mol. The van der Waals surface area contributed by atoms with Crippen LogP contribution in [0.2, 0.25) is 0 Å². The molecule has 1 aromatic heterocycles. The maximum atomic E-state index is 6.02. The van der Waals surface area contributed by atoms with Crippen molar-refractivity contribution in [2.24, 2.45) is 0 Å². The van der Waals surface area contributed by atoms with E-state index in [9.17, 15) is 0 Å². The largest absolute Gasteiger partial charge is 0.339 e. The van der Waals surface area contributed by atoms with Gasteiger partial charge in [0.05, 0.1) is 10.9 Å². The van der Waals surface area contributed by atoms with Crippen molar-refractivity contribution in [3.8, 4) is 0 Å². The van der Waals surface area contributed by atoms with Gasteiger partial charge in [-0.25, -0.2) is 0 Å². The van der Waals surface area contributed by atoms with Gasteiger partial charge in [0.25, 0.3) is 0 Å². The molecular weight excluding hydrogens is 287 g/mol. The number of halogens is 1. The van der Waals surface area contributed by atoms with E-state index < -0.39 is 0 Å². The summed E-state index contributed by atoms with van der Waals surface area (Å²) in [6.07, 6.45) is 2.14. The van der Waals surface area contributed by atoms with Gasteiger partial charge in [-0.05, 0) is 20.2 Å². The lowest BCUT2D eigenvalue weighted by molar-refractivity contribution is 1.02. The molecule has 0 atom stereocenters. The zero-order valence-corrected chi connectivity index (χ0v) is 9.60. The Kier molecular flexibility index (Phi) is 1.73. The smallest absolute Gasteiger partial charge is 0.0712 e. The first-order valence-electron chi connectivity index (χ1n) is 4.38. The Morgan fingerprint density at radius 2 is 2.07 bits per heavy atom. The fraction of sp³-hybridized carbons (Fsp3) is 0. The number of nitrogens with two attached hydrogens (primary N) is 1. The molecule has 2 nitrogen and oxygen atoms in total. The first-order chi connectivity index (χ1) is 6.88. The number of nitrogen functional groups attached to an aromatic ring is 1. The number of hydrogen-bond acceptors (Lipinski definition) is 1. The maximum Gasteiger partial charge on any atom is 0.0712 e. The van der Waals surface area contributed by atoms with Crippen LogP contribution >= 0.6 is 20.7 Å². The first-order valence-corrected chi connectivity index (χ1v) is 6.87. The second-order valence-corrected chi connectivity index (χ2v) is 5.27. The fourth-order valence-corrected chi connectivity index (χ4v) is 3.56. The van der Waals surface area contributed by atoms with Gasteiger partial charge in [0.1, 0.15) is 0 Å². The quantitative estimate of drug-likeness (QED) is 0.562. The van der Waals surface area contributed by atoms with E-state index in [1.165, 1.54) is 10.6 Å². The Labute approximate surface area is 91.0 Å². The number of rotatable bonds is 0. The van der Waals surface area contributed by atoms with Crippen LogP contribution in [0.1, 0.15) is 0 Å². The normalized spacial score (nSPS) is 14.0. The molecule has 1 aliphatic rings. The molecule has 70 valence electrons. The van der Waals surface area contributed by atoms with E-state index in [1.807, 2.05) is 6.07 Å². The summed E-state index contributed by atoms with van der Waals surface area (Å²) < 4.78 is 6.35. The summed E-state index contributed by atoms with van der Waals surface area (Å²) in [6.45, 7) is 0. The Morgan fingerprint density at radius 3 is 3.00 bits per heavy atom. The molecular formula is C11H9IN2. The highest BCUT2D eigenvalue weighted by molar-refractivity contribution is 14.2. The predicted octanol–water partition coefficient (Wildman–Crippen LogP) is 0.660. The fourth-order valence-electron chi connectivity index (χ4n) is 1.79. The minimum atomic E-state index is 0.0898. The van der Waals surface area contributed by atoms with Crippen molar-refractivity contribution in [3.05, 3.63) is 34.8 Å². The van der Waals surface area contributed by atoms with Gasteiger partial charge in [0.2, 0.25) is 0 Å². The summed E-state index contributed by atoms with van der Waals surface area (Å²) in [7, 11) is 0. The molecule has 0 fully saturated rings. The van der Waals surface area contributed by atoms with Crippen LogP contribution in [-0.2, 0) is 0 Å². The van der Waals surface area contributed by atoms with Crippen LogP contribution < -0.4 is 16.4 Å². The Balaban J connectivity index is 2.71. The number of para-hydroxylation sites is 1. The summed E-state index contributed by atoms with van der Waals surface area (Å²) in [6, 6.07) is 8.29. The molecule has 3 rings (SSSR count). The van der Waals surface area contributed by atoms with E-state index in [0.717, 1.165) is 10.9 Å². The monoisotopic (exact) mass is 296 g/mol. The Morgan fingerprint density at radius 1 is 1.21 bits per heavy atom. The Hall–Kier alpha value is -1.10. The molecule has 1 aromatic carbocycles. The van der Waals surface area contributed by atoms with Gasteiger partial charge >= 0.3 is 0 Å². The van der Waals surface area contributed by atoms with E-state index in [4.69, 9.17) is 5.84 Å². The van der Waals surface area contributed by atoms with Crippen molar-refractivity contribution in [2.75, 3.05) is 5.84 Å². The van der Waals surface area contributed by atoms with E-state index in [-0.39, 0.29) is 20.7 Å². The number of benzene rings is 1. The molecule has 3 heteroatoms. The second kappa shape index (κ2) is 2.95. The molecule has 0 radical (unpaired) electrons. The summed E-state index contributed by atoms with van der Waals surface area (Å²) in [5.74, 6) is 6.02. The number of nitrogens with zero attached hydrogens (tertiary/aromatic N) is 1. The van der Waals surface area contributed by atoms with E-state index in [2.05, 4.69) is 32.4 Å². The number of fused-ring (bicyclic) bond motifs is 3. The van der Waals surface area contributed by atoms with Crippen LogP contribution in [-0.4, -0.2) is 8.69 Å². The summed E-state index contributed by atoms with van der Waals surface area (Å²) in [5.41, 5.74) is 1.12. The molecule has 0 saturated heterocycles. The lowest BCUT2D eigenvalue weighted by atomic mass is 10.2. The summed E-state index contributed by atoms with van der Waals surface area (Å²) in [4.78, 5) is 0. The van der Waals surface area contributed by atoms with Crippen molar-refractivity contribution < 1.29 is 0 Å².